The molecule has 0 radical (unpaired) electrons. The molecule has 2 aliphatic rings. The number of hydrogen-bond donors (Lipinski definition) is 0. The summed E-state index contributed by atoms with van der Waals surface area (Å²) < 4.78 is 19.9. The molecule has 0 unspecified atom stereocenters. The van der Waals surface area contributed by atoms with Gasteiger partial charge in [-0.2, -0.15) is 0 Å². The lowest BCUT2D eigenvalue weighted by molar-refractivity contribution is 0.0239. The van der Waals surface area contributed by atoms with E-state index in [9.17, 15) is 14.0 Å². The number of halogens is 2. The second kappa shape index (κ2) is 7.72. The molecule has 1 amide bonds. The number of rotatable bonds is 4. The fourth-order valence-electron chi connectivity index (χ4n) is 3.27. The van der Waals surface area contributed by atoms with E-state index in [0.29, 0.717) is 28.7 Å². The smallest absolute Gasteiger partial charge is 0.410 e. The summed E-state index contributed by atoms with van der Waals surface area (Å²) in [5.41, 5.74) is 1.78. The molecule has 1 fully saturated rings. The van der Waals surface area contributed by atoms with E-state index >= 15 is 0 Å². The minimum Gasteiger partial charge on any atom is -0.444 e. The van der Waals surface area contributed by atoms with E-state index in [1.165, 1.54) is 12.1 Å². The van der Waals surface area contributed by atoms with Crippen LogP contribution in [0.15, 0.2) is 28.4 Å². The minimum absolute atomic E-state index is 0.200. The summed E-state index contributed by atoms with van der Waals surface area (Å²) in [7, 11) is 0. The average Bonchev–Trinajstić information content (AvgIpc) is 3.42. The highest BCUT2D eigenvalue weighted by molar-refractivity contribution is 9.12. The Morgan fingerprint density at radius 3 is 2.64 bits per heavy atom. The zero-order valence-electron chi connectivity index (χ0n) is 16.5. The van der Waals surface area contributed by atoms with E-state index in [0.717, 1.165) is 24.2 Å². The van der Waals surface area contributed by atoms with Crippen LogP contribution < -0.4 is 4.90 Å². The zero-order valence-corrected chi connectivity index (χ0v) is 18.1. The quantitative estimate of drug-likeness (QED) is 0.612. The molecule has 0 N–H and O–H groups in total. The van der Waals surface area contributed by atoms with Gasteiger partial charge < -0.3 is 14.5 Å². The monoisotopic (exact) mass is 450 g/mol. The highest BCUT2D eigenvalue weighted by Gasteiger charge is 2.36. The van der Waals surface area contributed by atoms with Crippen LogP contribution >= 0.6 is 15.9 Å². The molecule has 0 atom stereocenters. The Bertz CT molecular complexity index is 880. The predicted molar refractivity (Wildman–Crippen MR) is 110 cm³/mol. The number of anilines is 1. The normalized spacial score (nSPS) is 16.6. The SMILES string of the molecule is CC1=C(Br)C(=C=O)c2cc(F)ccc2N1CCN(C(=O)OC(C)(C)C)C1CC1. The summed E-state index contributed by atoms with van der Waals surface area (Å²) in [6.45, 7) is 8.40. The molecule has 1 heterocycles. The molecule has 5 nitrogen and oxygen atoms in total. The Hall–Kier alpha value is -2.11. The molecule has 7 heteroatoms. The Labute approximate surface area is 173 Å². The van der Waals surface area contributed by atoms with Crippen LogP contribution in [0.1, 0.15) is 46.1 Å². The molecule has 0 bridgehead atoms. The number of allylic oxidation sites excluding steroid dienone is 3. The van der Waals surface area contributed by atoms with Crippen molar-refractivity contribution in [1.82, 2.24) is 4.90 Å². The van der Waals surface area contributed by atoms with E-state index in [1.54, 1.807) is 11.0 Å². The number of amides is 1. The van der Waals surface area contributed by atoms with E-state index in [-0.39, 0.29) is 12.1 Å². The van der Waals surface area contributed by atoms with Gasteiger partial charge in [0.15, 0.2) is 0 Å². The molecular formula is C21H24BrFN2O3. The maximum Gasteiger partial charge on any atom is 0.410 e. The van der Waals surface area contributed by atoms with Crippen molar-refractivity contribution < 1.29 is 18.7 Å². The number of fused-ring (bicyclic) bond motifs is 1. The average molecular weight is 451 g/mol. The lowest BCUT2D eigenvalue weighted by Gasteiger charge is -2.35. The Morgan fingerprint density at radius 1 is 1.39 bits per heavy atom. The van der Waals surface area contributed by atoms with Crippen molar-refractivity contribution in [2.24, 2.45) is 0 Å². The highest BCUT2D eigenvalue weighted by Crippen LogP contribution is 2.42. The first kappa shape index (κ1) is 20.6. The Morgan fingerprint density at radius 2 is 2.07 bits per heavy atom. The Balaban J connectivity index is 1.86. The van der Waals surface area contributed by atoms with Gasteiger partial charge in [0.1, 0.15) is 17.4 Å². The molecule has 1 saturated carbocycles. The van der Waals surface area contributed by atoms with E-state index in [2.05, 4.69) is 15.9 Å². The van der Waals surface area contributed by atoms with Crippen molar-refractivity contribution >= 4 is 39.2 Å². The van der Waals surface area contributed by atoms with Gasteiger partial charge in [0.25, 0.3) is 0 Å². The van der Waals surface area contributed by atoms with Crippen LogP contribution in [0.25, 0.3) is 5.57 Å². The van der Waals surface area contributed by atoms with E-state index < -0.39 is 11.4 Å². The van der Waals surface area contributed by atoms with Crippen LogP contribution in [-0.4, -0.2) is 41.7 Å². The fourth-order valence-corrected chi connectivity index (χ4v) is 3.78. The first-order chi connectivity index (χ1) is 13.1. The van der Waals surface area contributed by atoms with Gasteiger partial charge in [-0.1, -0.05) is 0 Å². The molecule has 1 aliphatic carbocycles. The largest absolute Gasteiger partial charge is 0.444 e. The van der Waals surface area contributed by atoms with E-state index in [4.69, 9.17) is 4.74 Å². The highest BCUT2D eigenvalue weighted by atomic mass is 79.9. The summed E-state index contributed by atoms with van der Waals surface area (Å²) in [6.07, 6.45) is 1.62. The molecule has 0 spiro atoms. The van der Waals surface area contributed by atoms with Gasteiger partial charge in [0, 0.05) is 36.1 Å². The summed E-state index contributed by atoms with van der Waals surface area (Å²) in [6, 6.07) is 4.56. The van der Waals surface area contributed by atoms with Crippen LogP contribution in [0.3, 0.4) is 0 Å². The second-order valence-electron chi connectivity index (χ2n) is 8.09. The minimum atomic E-state index is -0.554. The maximum absolute atomic E-state index is 13.8. The number of carbonyl (C=O) groups excluding carboxylic acids is 2. The number of hydrogen-bond acceptors (Lipinski definition) is 4. The van der Waals surface area contributed by atoms with Crippen LogP contribution in [-0.2, 0) is 9.53 Å². The standard InChI is InChI=1S/C21H24BrFN2O3/c1-13-19(22)17(12-26)16-11-14(23)5-8-18(16)24(13)9-10-25(15-6-7-15)20(27)28-21(2,3)4/h5,8,11,15H,6-7,9-10H2,1-4H3. The number of carbonyl (C=O) groups is 1. The lowest BCUT2D eigenvalue weighted by atomic mass is 9.98. The van der Waals surface area contributed by atoms with Crippen LogP contribution in [0.4, 0.5) is 14.9 Å². The predicted octanol–water partition coefficient (Wildman–Crippen LogP) is 4.89. The van der Waals surface area contributed by atoms with Crippen molar-refractivity contribution in [2.45, 2.75) is 52.2 Å². The van der Waals surface area contributed by atoms with Crippen molar-refractivity contribution in [1.29, 1.82) is 0 Å². The number of nitrogens with zero attached hydrogens (tertiary/aromatic N) is 2. The molecule has 1 aliphatic heterocycles. The van der Waals surface area contributed by atoms with Gasteiger partial charge in [-0.05, 0) is 74.7 Å². The first-order valence-electron chi connectivity index (χ1n) is 9.31. The first-order valence-corrected chi connectivity index (χ1v) is 10.1. The van der Waals surface area contributed by atoms with Gasteiger partial charge in [-0.15, -0.1) is 0 Å². The summed E-state index contributed by atoms with van der Waals surface area (Å²) >= 11 is 3.44. The summed E-state index contributed by atoms with van der Waals surface area (Å²) in [4.78, 5) is 27.8. The maximum atomic E-state index is 13.8. The van der Waals surface area contributed by atoms with Gasteiger partial charge in [-0.25, -0.2) is 14.0 Å². The number of ether oxygens (including phenoxy) is 1. The fraction of sp³-hybridized carbons (Fsp3) is 0.476. The molecule has 3 rings (SSSR count). The molecule has 1 aromatic rings. The molecule has 150 valence electrons. The van der Waals surface area contributed by atoms with Gasteiger partial charge in [0.05, 0.1) is 10.1 Å². The molecule has 28 heavy (non-hydrogen) atoms. The topological polar surface area (TPSA) is 49.9 Å². The zero-order chi connectivity index (χ0) is 20.6. The second-order valence-corrected chi connectivity index (χ2v) is 8.89. The summed E-state index contributed by atoms with van der Waals surface area (Å²) in [5, 5.41) is 0. The molecular weight excluding hydrogens is 427 g/mol. The van der Waals surface area contributed by atoms with Gasteiger partial charge in [-0.3, -0.25) is 0 Å². The van der Waals surface area contributed by atoms with Gasteiger partial charge in [0.2, 0.25) is 0 Å². The van der Waals surface area contributed by atoms with Crippen molar-refractivity contribution in [2.75, 3.05) is 18.0 Å². The van der Waals surface area contributed by atoms with E-state index in [1.807, 2.05) is 38.5 Å². The van der Waals surface area contributed by atoms with Crippen LogP contribution in [0.5, 0.6) is 0 Å². The third-order valence-electron chi connectivity index (χ3n) is 4.74. The number of benzene rings is 1. The Kier molecular flexibility index (Phi) is 5.69. The van der Waals surface area contributed by atoms with Crippen LogP contribution in [0, 0.1) is 5.82 Å². The van der Waals surface area contributed by atoms with Crippen LogP contribution in [0.2, 0.25) is 0 Å². The molecule has 1 aromatic carbocycles. The van der Waals surface area contributed by atoms with Crippen molar-refractivity contribution in [3.63, 3.8) is 0 Å². The molecule has 0 saturated heterocycles. The lowest BCUT2D eigenvalue weighted by Crippen LogP contribution is -2.43. The third-order valence-corrected chi connectivity index (χ3v) is 5.71. The summed E-state index contributed by atoms with van der Waals surface area (Å²) in [5.74, 6) is 1.49. The van der Waals surface area contributed by atoms with Crippen molar-refractivity contribution in [3.05, 3.63) is 39.8 Å². The van der Waals surface area contributed by atoms with Gasteiger partial charge >= 0.3 is 6.09 Å². The molecule has 0 aromatic heterocycles. The van der Waals surface area contributed by atoms with Crippen molar-refractivity contribution in [3.8, 4) is 0 Å². The third kappa shape index (κ3) is 4.31.